The number of para-hydroxylation sites is 1. The average molecular weight is 334 g/mol. The lowest BCUT2D eigenvalue weighted by Crippen LogP contribution is -2.45. The van der Waals surface area contributed by atoms with Gasteiger partial charge in [-0.1, -0.05) is 12.1 Å². The first-order valence-corrected chi connectivity index (χ1v) is 8.38. The van der Waals surface area contributed by atoms with Crippen LogP contribution in [0.4, 0.5) is 4.39 Å². The third-order valence-electron chi connectivity index (χ3n) is 4.75. The minimum absolute atomic E-state index is 0.138. The fourth-order valence-electron chi connectivity index (χ4n) is 3.30. The summed E-state index contributed by atoms with van der Waals surface area (Å²) in [5.41, 5.74) is 0.138. The van der Waals surface area contributed by atoms with Gasteiger partial charge < -0.3 is 19.3 Å². The highest BCUT2D eigenvalue weighted by atomic mass is 19.1. The van der Waals surface area contributed by atoms with Gasteiger partial charge >= 0.3 is 0 Å². The second-order valence-corrected chi connectivity index (χ2v) is 6.35. The van der Waals surface area contributed by atoms with E-state index in [4.69, 9.17) is 9.52 Å². The minimum Gasteiger partial charge on any atom is -0.448 e. The van der Waals surface area contributed by atoms with Gasteiger partial charge in [-0.15, -0.1) is 0 Å². The van der Waals surface area contributed by atoms with Gasteiger partial charge in [0.05, 0.1) is 0 Å². The predicted octanol–water partition coefficient (Wildman–Crippen LogP) is 2.49. The molecule has 3 rings (SSSR count). The summed E-state index contributed by atoms with van der Waals surface area (Å²) >= 11 is 0. The van der Waals surface area contributed by atoms with E-state index in [1.54, 1.807) is 23.1 Å². The molecule has 1 fully saturated rings. The molecule has 1 aliphatic heterocycles. The number of hydrogen-bond donors (Lipinski definition) is 1. The third kappa shape index (κ3) is 3.44. The lowest BCUT2D eigenvalue weighted by molar-refractivity contribution is 0.0613. The molecule has 1 aromatic heterocycles. The van der Waals surface area contributed by atoms with E-state index in [1.165, 1.54) is 6.07 Å². The lowest BCUT2D eigenvalue weighted by atomic mass is 10.0. The standard InChI is InChI=1S/C18H23FN2O3/c1-20(8-3-11-22)14-6-9-21(10-7-14)18(23)16-12-13-4-2-5-15(19)17(13)24-16/h2,4-5,12,14,22H,3,6-11H2,1H3. The molecule has 0 bridgehead atoms. The van der Waals surface area contributed by atoms with E-state index in [0.29, 0.717) is 24.5 Å². The van der Waals surface area contributed by atoms with Crippen molar-refractivity contribution in [1.82, 2.24) is 9.80 Å². The number of nitrogens with zero attached hydrogens (tertiary/aromatic N) is 2. The number of rotatable bonds is 5. The molecule has 130 valence electrons. The van der Waals surface area contributed by atoms with Crippen LogP contribution in [0.3, 0.4) is 0 Å². The van der Waals surface area contributed by atoms with Gasteiger partial charge in [-0.3, -0.25) is 4.79 Å². The van der Waals surface area contributed by atoms with Gasteiger partial charge in [-0.05, 0) is 38.4 Å². The molecule has 1 N–H and O–H groups in total. The zero-order valence-electron chi connectivity index (χ0n) is 13.9. The normalized spacial score (nSPS) is 16.2. The number of carbonyl (C=O) groups excluding carboxylic acids is 1. The van der Waals surface area contributed by atoms with Crippen molar-refractivity contribution >= 4 is 16.9 Å². The van der Waals surface area contributed by atoms with Crippen LogP contribution in [0.1, 0.15) is 29.8 Å². The first-order chi connectivity index (χ1) is 11.6. The van der Waals surface area contributed by atoms with Crippen LogP contribution in [0.15, 0.2) is 28.7 Å². The maximum Gasteiger partial charge on any atom is 0.289 e. The van der Waals surface area contributed by atoms with Gasteiger partial charge in [-0.25, -0.2) is 4.39 Å². The van der Waals surface area contributed by atoms with E-state index in [2.05, 4.69) is 11.9 Å². The van der Waals surface area contributed by atoms with Crippen molar-refractivity contribution in [3.8, 4) is 0 Å². The number of carbonyl (C=O) groups is 1. The molecular formula is C18H23FN2O3. The van der Waals surface area contributed by atoms with Crippen molar-refractivity contribution in [1.29, 1.82) is 0 Å². The van der Waals surface area contributed by atoms with Crippen LogP contribution in [-0.2, 0) is 0 Å². The molecule has 2 aromatic rings. The third-order valence-corrected chi connectivity index (χ3v) is 4.75. The molecule has 0 spiro atoms. The zero-order chi connectivity index (χ0) is 17.1. The van der Waals surface area contributed by atoms with E-state index >= 15 is 0 Å². The number of amides is 1. The fraction of sp³-hybridized carbons (Fsp3) is 0.500. The van der Waals surface area contributed by atoms with Crippen LogP contribution in [0.25, 0.3) is 11.0 Å². The number of piperidine rings is 1. The number of likely N-dealkylation sites (tertiary alicyclic amines) is 1. The van der Waals surface area contributed by atoms with Crippen LogP contribution in [0.2, 0.25) is 0 Å². The molecule has 6 heteroatoms. The van der Waals surface area contributed by atoms with Crippen LogP contribution in [0.5, 0.6) is 0 Å². The molecule has 1 amide bonds. The van der Waals surface area contributed by atoms with Gasteiger partial charge in [0.1, 0.15) is 0 Å². The summed E-state index contributed by atoms with van der Waals surface area (Å²) in [5.74, 6) is -0.431. The van der Waals surface area contributed by atoms with Gasteiger partial charge in [0.25, 0.3) is 5.91 Å². The molecule has 1 saturated heterocycles. The molecule has 1 aromatic carbocycles. The van der Waals surface area contributed by atoms with Crippen molar-refractivity contribution in [2.45, 2.75) is 25.3 Å². The lowest BCUT2D eigenvalue weighted by Gasteiger charge is -2.36. The Labute approximate surface area is 140 Å². The molecule has 0 aliphatic carbocycles. The molecule has 0 atom stereocenters. The molecule has 0 unspecified atom stereocenters. The minimum atomic E-state index is -0.448. The SMILES string of the molecule is CN(CCCO)C1CCN(C(=O)c2cc3cccc(F)c3o2)CC1. The predicted molar refractivity (Wildman–Crippen MR) is 89.4 cm³/mol. The van der Waals surface area contributed by atoms with Gasteiger partial charge in [0, 0.05) is 37.7 Å². The van der Waals surface area contributed by atoms with Crippen molar-refractivity contribution in [3.63, 3.8) is 0 Å². The Balaban J connectivity index is 1.63. The average Bonchev–Trinajstić information content (AvgIpc) is 3.05. The first kappa shape index (κ1) is 16.9. The molecule has 5 nitrogen and oxygen atoms in total. The number of hydrogen-bond acceptors (Lipinski definition) is 4. The number of benzene rings is 1. The molecule has 1 aliphatic rings. The van der Waals surface area contributed by atoms with Crippen LogP contribution < -0.4 is 0 Å². The Hall–Kier alpha value is -1.92. The second kappa shape index (κ2) is 7.32. The smallest absolute Gasteiger partial charge is 0.289 e. The quantitative estimate of drug-likeness (QED) is 0.913. The number of halogens is 1. The molecular weight excluding hydrogens is 311 g/mol. The Bertz CT molecular complexity index is 707. The molecule has 0 radical (unpaired) electrons. The highest BCUT2D eigenvalue weighted by Gasteiger charge is 2.27. The van der Waals surface area contributed by atoms with Gasteiger partial charge in [0.15, 0.2) is 17.2 Å². The number of aliphatic hydroxyl groups is 1. The highest BCUT2D eigenvalue weighted by molar-refractivity contribution is 5.96. The van der Waals surface area contributed by atoms with Crippen molar-refractivity contribution in [3.05, 3.63) is 35.8 Å². The summed E-state index contributed by atoms with van der Waals surface area (Å²) in [6.07, 6.45) is 2.55. The van der Waals surface area contributed by atoms with Crippen molar-refractivity contribution in [2.75, 3.05) is 33.3 Å². The van der Waals surface area contributed by atoms with Crippen LogP contribution in [-0.4, -0.2) is 60.1 Å². The maximum absolute atomic E-state index is 13.7. The Morgan fingerprint density at radius 1 is 1.42 bits per heavy atom. The highest BCUT2D eigenvalue weighted by Crippen LogP contribution is 2.24. The topological polar surface area (TPSA) is 56.9 Å². The Morgan fingerprint density at radius 2 is 2.17 bits per heavy atom. The largest absolute Gasteiger partial charge is 0.448 e. The number of furan rings is 1. The maximum atomic E-state index is 13.7. The monoisotopic (exact) mass is 334 g/mol. The van der Waals surface area contributed by atoms with E-state index in [1.807, 2.05) is 0 Å². The molecule has 24 heavy (non-hydrogen) atoms. The van der Waals surface area contributed by atoms with Crippen molar-refractivity contribution in [2.24, 2.45) is 0 Å². The van der Waals surface area contributed by atoms with Crippen LogP contribution >= 0.6 is 0 Å². The summed E-state index contributed by atoms with van der Waals surface area (Å²) in [6.45, 7) is 2.38. The second-order valence-electron chi connectivity index (χ2n) is 6.35. The molecule has 2 heterocycles. The van der Waals surface area contributed by atoms with Gasteiger partial charge in [-0.2, -0.15) is 0 Å². The summed E-state index contributed by atoms with van der Waals surface area (Å²) in [6, 6.07) is 6.71. The van der Waals surface area contributed by atoms with Crippen molar-refractivity contribution < 1.29 is 18.7 Å². The molecule has 0 saturated carbocycles. The number of aliphatic hydroxyl groups excluding tert-OH is 1. The summed E-state index contributed by atoms with van der Waals surface area (Å²) in [5, 5.41) is 9.53. The zero-order valence-corrected chi connectivity index (χ0v) is 13.9. The van der Waals surface area contributed by atoms with E-state index in [-0.39, 0.29) is 23.9 Å². The summed E-state index contributed by atoms with van der Waals surface area (Å²) in [4.78, 5) is 16.6. The van der Waals surface area contributed by atoms with Crippen LogP contribution in [0, 0.1) is 5.82 Å². The number of fused-ring (bicyclic) bond motifs is 1. The van der Waals surface area contributed by atoms with E-state index in [9.17, 15) is 9.18 Å². The summed E-state index contributed by atoms with van der Waals surface area (Å²) in [7, 11) is 2.06. The summed E-state index contributed by atoms with van der Waals surface area (Å²) < 4.78 is 19.1. The Morgan fingerprint density at radius 3 is 2.83 bits per heavy atom. The van der Waals surface area contributed by atoms with E-state index < -0.39 is 5.82 Å². The van der Waals surface area contributed by atoms with E-state index in [0.717, 1.165) is 25.8 Å². The fourth-order valence-corrected chi connectivity index (χ4v) is 3.30. The van der Waals surface area contributed by atoms with Gasteiger partial charge in [0.2, 0.25) is 0 Å². The Kier molecular flexibility index (Phi) is 5.16. The first-order valence-electron chi connectivity index (χ1n) is 8.38.